The van der Waals surface area contributed by atoms with Crippen molar-refractivity contribution >= 4 is 65.7 Å². The van der Waals surface area contributed by atoms with Crippen LogP contribution in [0.15, 0.2) is 239 Å². The Morgan fingerprint density at radius 3 is 1.64 bits per heavy atom. The normalized spacial score (nSPS) is 11.8. The lowest BCUT2D eigenvalue weighted by Gasteiger charge is -2.10. The average molecular weight is 883 g/mol. The molecule has 4 heterocycles. The average Bonchev–Trinajstić information content (AvgIpc) is 4.10. The molecule has 0 N–H and O–H groups in total. The molecule has 14 aromatic rings. The second-order valence-corrected chi connectivity index (χ2v) is 17.5. The molecular weight excluding hydrogens is 845 g/mol. The van der Waals surface area contributed by atoms with Gasteiger partial charge in [0.15, 0.2) is 17.5 Å². The number of nitrogens with zero attached hydrogens (tertiary/aromatic N) is 4. The molecule has 0 amide bonds. The maximum atomic E-state index is 6.93. The van der Waals surface area contributed by atoms with Crippen LogP contribution in [-0.2, 0) is 0 Å². The maximum absolute atomic E-state index is 6.93. The van der Waals surface area contributed by atoms with Crippen molar-refractivity contribution in [2.24, 2.45) is 0 Å². The molecule has 0 radical (unpaired) electrons. The molecule has 0 atom stereocenters. The van der Waals surface area contributed by atoms with E-state index in [1.54, 1.807) is 0 Å². The molecular formula is C63H38N4O2. The summed E-state index contributed by atoms with van der Waals surface area (Å²) in [6.45, 7) is 0. The predicted octanol–water partition coefficient (Wildman–Crippen LogP) is 16.8. The number of rotatable bonds is 7. The highest BCUT2D eigenvalue weighted by atomic mass is 16.3. The molecule has 0 aliphatic rings. The van der Waals surface area contributed by atoms with Crippen LogP contribution in [0.5, 0.6) is 0 Å². The van der Waals surface area contributed by atoms with Crippen molar-refractivity contribution in [2.75, 3.05) is 0 Å². The third-order valence-corrected chi connectivity index (χ3v) is 13.5. The van der Waals surface area contributed by atoms with Gasteiger partial charge < -0.3 is 13.4 Å². The molecule has 0 spiro atoms. The quantitative estimate of drug-likeness (QED) is 0.159. The summed E-state index contributed by atoms with van der Waals surface area (Å²) in [6.07, 6.45) is 0. The van der Waals surface area contributed by atoms with Crippen molar-refractivity contribution in [3.8, 4) is 73.2 Å². The number of aromatic nitrogens is 4. The summed E-state index contributed by atoms with van der Waals surface area (Å²) in [6, 6.07) is 80.3. The predicted molar refractivity (Wildman–Crippen MR) is 281 cm³/mol. The van der Waals surface area contributed by atoms with Crippen LogP contribution in [0.2, 0.25) is 0 Å². The van der Waals surface area contributed by atoms with Crippen LogP contribution < -0.4 is 0 Å². The molecule has 6 heteroatoms. The highest BCUT2D eigenvalue weighted by molar-refractivity contribution is 6.15. The molecule has 0 saturated carbocycles. The molecule has 14 rings (SSSR count). The molecule has 0 bridgehead atoms. The van der Waals surface area contributed by atoms with E-state index in [4.69, 9.17) is 23.8 Å². The van der Waals surface area contributed by atoms with Crippen LogP contribution in [-0.4, -0.2) is 19.5 Å². The van der Waals surface area contributed by atoms with E-state index >= 15 is 0 Å². The number of furan rings is 2. The van der Waals surface area contributed by atoms with Gasteiger partial charge in [-0.05, 0) is 76.3 Å². The van der Waals surface area contributed by atoms with E-state index in [0.717, 1.165) is 99.5 Å². The zero-order valence-electron chi connectivity index (χ0n) is 37.0. The summed E-state index contributed by atoms with van der Waals surface area (Å²) in [5, 5.41) is 6.45. The van der Waals surface area contributed by atoms with Crippen LogP contribution in [0.3, 0.4) is 0 Å². The molecule has 4 aromatic heterocycles. The first-order chi connectivity index (χ1) is 34.2. The van der Waals surface area contributed by atoms with Gasteiger partial charge in [-0.3, -0.25) is 0 Å². The highest BCUT2D eigenvalue weighted by Crippen LogP contribution is 2.43. The third kappa shape index (κ3) is 6.45. The molecule has 0 fully saturated rings. The van der Waals surface area contributed by atoms with E-state index in [1.807, 2.05) is 48.5 Å². The largest absolute Gasteiger partial charge is 0.456 e. The molecule has 69 heavy (non-hydrogen) atoms. The van der Waals surface area contributed by atoms with Crippen molar-refractivity contribution in [1.29, 1.82) is 0 Å². The Balaban J connectivity index is 0.888. The van der Waals surface area contributed by atoms with Gasteiger partial charge in [0.1, 0.15) is 22.3 Å². The van der Waals surface area contributed by atoms with Crippen molar-refractivity contribution in [3.63, 3.8) is 0 Å². The number of fused-ring (bicyclic) bond motifs is 9. The fraction of sp³-hybridized carbons (Fsp3) is 0. The smallest absolute Gasteiger partial charge is 0.164 e. The Hall–Kier alpha value is -9.39. The van der Waals surface area contributed by atoms with Crippen LogP contribution >= 0.6 is 0 Å². The van der Waals surface area contributed by atoms with Crippen molar-refractivity contribution in [2.45, 2.75) is 0 Å². The first kappa shape index (κ1) is 38.8. The van der Waals surface area contributed by atoms with Gasteiger partial charge in [-0.15, -0.1) is 0 Å². The Morgan fingerprint density at radius 1 is 0.290 bits per heavy atom. The lowest BCUT2D eigenvalue weighted by molar-refractivity contribution is 0.668. The summed E-state index contributed by atoms with van der Waals surface area (Å²) >= 11 is 0. The number of hydrogen-bond acceptors (Lipinski definition) is 5. The zero-order valence-corrected chi connectivity index (χ0v) is 37.0. The van der Waals surface area contributed by atoms with Crippen LogP contribution in [0.1, 0.15) is 0 Å². The lowest BCUT2D eigenvalue weighted by atomic mass is 9.99. The van der Waals surface area contributed by atoms with Gasteiger partial charge in [0, 0.05) is 66.3 Å². The second-order valence-electron chi connectivity index (χ2n) is 17.5. The Labute approximate surface area is 396 Å². The number of hydrogen-bond donors (Lipinski definition) is 0. The summed E-state index contributed by atoms with van der Waals surface area (Å²) in [5.74, 6) is 1.77. The van der Waals surface area contributed by atoms with Crippen molar-refractivity contribution in [1.82, 2.24) is 19.5 Å². The lowest BCUT2D eigenvalue weighted by Crippen LogP contribution is -2.00. The fourth-order valence-electron chi connectivity index (χ4n) is 10.2. The van der Waals surface area contributed by atoms with E-state index in [-0.39, 0.29) is 0 Å². The molecule has 0 aliphatic heterocycles. The summed E-state index contributed by atoms with van der Waals surface area (Å²) in [4.78, 5) is 15.4. The summed E-state index contributed by atoms with van der Waals surface area (Å²) < 4.78 is 15.8. The molecule has 0 aliphatic carbocycles. The Morgan fingerprint density at radius 2 is 0.855 bits per heavy atom. The molecule has 0 unspecified atom stereocenters. The third-order valence-electron chi connectivity index (χ3n) is 13.5. The minimum absolute atomic E-state index is 0.569. The monoisotopic (exact) mass is 882 g/mol. The SMILES string of the molecule is c1ccc(-c2ccc(-c3nc(-c4ccccc4)nc(-c4cccc5oc6ccc(-c7cccc8c7oc7cc(-n9c%10ccccc%10c%10cc(-c%11ccccc%11)ccc%109)ccc78)cc6c45)n3)cc2)cc1. The molecule has 0 saturated heterocycles. The van der Waals surface area contributed by atoms with E-state index in [9.17, 15) is 0 Å². The first-order valence-corrected chi connectivity index (χ1v) is 23.2. The van der Waals surface area contributed by atoms with Gasteiger partial charge >= 0.3 is 0 Å². The van der Waals surface area contributed by atoms with Gasteiger partial charge in [-0.1, -0.05) is 176 Å². The van der Waals surface area contributed by atoms with Gasteiger partial charge in [0.2, 0.25) is 0 Å². The van der Waals surface area contributed by atoms with E-state index in [1.165, 1.54) is 21.9 Å². The van der Waals surface area contributed by atoms with E-state index in [2.05, 4.69) is 187 Å². The second kappa shape index (κ2) is 15.6. The number of benzene rings is 10. The Bertz CT molecular complexity index is 4290. The summed E-state index contributed by atoms with van der Waals surface area (Å²) in [5.41, 5.74) is 15.9. The van der Waals surface area contributed by atoms with Gasteiger partial charge in [0.05, 0.1) is 11.0 Å². The van der Waals surface area contributed by atoms with Gasteiger partial charge in [-0.2, -0.15) is 0 Å². The minimum atomic E-state index is 0.569. The van der Waals surface area contributed by atoms with E-state index < -0.39 is 0 Å². The zero-order chi connectivity index (χ0) is 45.4. The Kier molecular flexibility index (Phi) is 8.79. The van der Waals surface area contributed by atoms with Crippen LogP contribution in [0, 0.1) is 0 Å². The van der Waals surface area contributed by atoms with Crippen LogP contribution in [0.4, 0.5) is 0 Å². The van der Waals surface area contributed by atoms with E-state index in [0.29, 0.717) is 17.5 Å². The van der Waals surface area contributed by atoms with Crippen molar-refractivity contribution in [3.05, 3.63) is 231 Å². The minimum Gasteiger partial charge on any atom is -0.456 e. The maximum Gasteiger partial charge on any atom is 0.164 e. The molecule has 322 valence electrons. The first-order valence-electron chi connectivity index (χ1n) is 23.2. The molecule has 10 aromatic carbocycles. The topological polar surface area (TPSA) is 69.9 Å². The van der Waals surface area contributed by atoms with Gasteiger partial charge in [0.25, 0.3) is 0 Å². The van der Waals surface area contributed by atoms with Gasteiger partial charge in [-0.25, -0.2) is 15.0 Å². The molecule has 6 nitrogen and oxygen atoms in total. The standard InChI is InChI=1S/C63H38N4O2/c1-4-14-39(15-5-1)41-26-28-43(29-27-41)62-64-61(42-18-8-3-9-19-42)65-63(66-62)51-23-13-25-57-59(51)53-37-45(31-35-56(53)68-57)47-21-12-22-50-49-33-32-46(38-58(49)69-60(47)50)67-54-24-11-10-20-48(54)52-36-44(30-34-55(52)67)40-16-6-2-7-17-40/h1-38H. The fourth-order valence-corrected chi connectivity index (χ4v) is 10.2. The highest BCUT2D eigenvalue weighted by Gasteiger charge is 2.21. The number of para-hydroxylation sites is 2. The van der Waals surface area contributed by atoms with Crippen molar-refractivity contribution < 1.29 is 8.83 Å². The summed E-state index contributed by atoms with van der Waals surface area (Å²) in [7, 11) is 0. The van der Waals surface area contributed by atoms with Crippen LogP contribution in [0.25, 0.3) is 139 Å².